The summed E-state index contributed by atoms with van der Waals surface area (Å²) < 4.78 is 15.9. The SMILES string of the molecule is CCOC(C)Oc1ccc(CCOC)cc1. The molecule has 0 saturated carbocycles. The summed E-state index contributed by atoms with van der Waals surface area (Å²) in [6.07, 6.45) is 0.729. The lowest BCUT2D eigenvalue weighted by Gasteiger charge is -2.14. The number of methoxy groups -OCH3 is 1. The molecule has 0 aliphatic heterocycles. The summed E-state index contributed by atoms with van der Waals surface area (Å²) >= 11 is 0. The third-order valence-electron chi connectivity index (χ3n) is 2.22. The summed E-state index contributed by atoms with van der Waals surface area (Å²) in [5.74, 6) is 0.835. The molecule has 0 saturated heterocycles. The molecule has 0 aliphatic carbocycles. The lowest BCUT2D eigenvalue weighted by atomic mass is 10.1. The van der Waals surface area contributed by atoms with Crippen molar-refractivity contribution in [2.45, 2.75) is 26.6 Å². The second-order valence-electron chi connectivity index (χ2n) is 3.53. The minimum atomic E-state index is -0.199. The summed E-state index contributed by atoms with van der Waals surface area (Å²) in [6.45, 7) is 5.25. The van der Waals surface area contributed by atoms with E-state index in [1.807, 2.05) is 38.1 Å². The molecule has 0 N–H and O–H groups in total. The van der Waals surface area contributed by atoms with Gasteiger partial charge in [-0.25, -0.2) is 0 Å². The van der Waals surface area contributed by atoms with Crippen molar-refractivity contribution < 1.29 is 14.2 Å². The van der Waals surface area contributed by atoms with Gasteiger partial charge in [-0.2, -0.15) is 0 Å². The Morgan fingerprint density at radius 3 is 2.44 bits per heavy atom. The van der Waals surface area contributed by atoms with Crippen molar-refractivity contribution in [3.8, 4) is 5.75 Å². The van der Waals surface area contributed by atoms with Gasteiger partial charge in [-0.05, 0) is 38.0 Å². The zero-order valence-corrected chi connectivity index (χ0v) is 10.2. The van der Waals surface area contributed by atoms with Crippen LogP contribution >= 0.6 is 0 Å². The standard InChI is InChI=1S/C13H20O3/c1-4-15-11(2)16-13-7-5-12(6-8-13)9-10-14-3/h5-8,11H,4,9-10H2,1-3H3. The van der Waals surface area contributed by atoms with Gasteiger partial charge in [0.1, 0.15) is 5.75 Å². The van der Waals surface area contributed by atoms with E-state index in [2.05, 4.69) is 0 Å². The molecule has 16 heavy (non-hydrogen) atoms. The Labute approximate surface area is 97.3 Å². The molecule has 0 aliphatic rings. The minimum absolute atomic E-state index is 0.199. The van der Waals surface area contributed by atoms with Crippen LogP contribution in [-0.4, -0.2) is 26.6 Å². The Kier molecular flexibility index (Phi) is 5.90. The summed E-state index contributed by atoms with van der Waals surface area (Å²) in [7, 11) is 1.71. The predicted molar refractivity (Wildman–Crippen MR) is 63.7 cm³/mol. The number of ether oxygens (including phenoxy) is 3. The van der Waals surface area contributed by atoms with E-state index in [0.29, 0.717) is 6.61 Å². The van der Waals surface area contributed by atoms with Crippen molar-refractivity contribution in [2.75, 3.05) is 20.3 Å². The average Bonchev–Trinajstić information content (AvgIpc) is 2.28. The highest BCUT2D eigenvalue weighted by atomic mass is 16.7. The van der Waals surface area contributed by atoms with Gasteiger partial charge in [0, 0.05) is 13.7 Å². The molecule has 90 valence electrons. The van der Waals surface area contributed by atoms with E-state index < -0.39 is 0 Å². The van der Waals surface area contributed by atoms with Crippen molar-refractivity contribution in [3.63, 3.8) is 0 Å². The number of hydrogen-bond acceptors (Lipinski definition) is 3. The Morgan fingerprint density at radius 2 is 1.88 bits per heavy atom. The molecule has 0 amide bonds. The molecular weight excluding hydrogens is 204 g/mol. The molecule has 0 bridgehead atoms. The van der Waals surface area contributed by atoms with Gasteiger partial charge in [0.05, 0.1) is 6.61 Å². The fourth-order valence-electron chi connectivity index (χ4n) is 1.41. The summed E-state index contributed by atoms with van der Waals surface area (Å²) in [5, 5.41) is 0. The zero-order valence-electron chi connectivity index (χ0n) is 10.2. The molecule has 0 radical (unpaired) electrons. The second kappa shape index (κ2) is 7.25. The highest BCUT2D eigenvalue weighted by Crippen LogP contribution is 2.14. The third-order valence-corrected chi connectivity index (χ3v) is 2.22. The molecule has 1 unspecified atom stereocenters. The molecule has 3 nitrogen and oxygen atoms in total. The van der Waals surface area contributed by atoms with E-state index >= 15 is 0 Å². The lowest BCUT2D eigenvalue weighted by molar-refractivity contribution is -0.0613. The van der Waals surface area contributed by atoms with Gasteiger partial charge in [-0.15, -0.1) is 0 Å². The van der Waals surface area contributed by atoms with E-state index in [9.17, 15) is 0 Å². The predicted octanol–water partition coefficient (Wildman–Crippen LogP) is 2.64. The van der Waals surface area contributed by atoms with Crippen LogP contribution in [0.3, 0.4) is 0 Å². The van der Waals surface area contributed by atoms with Crippen LogP contribution in [0.1, 0.15) is 19.4 Å². The van der Waals surface area contributed by atoms with Gasteiger partial charge in [-0.3, -0.25) is 0 Å². The Hall–Kier alpha value is -1.06. The van der Waals surface area contributed by atoms with Crippen molar-refractivity contribution in [3.05, 3.63) is 29.8 Å². The van der Waals surface area contributed by atoms with E-state index in [4.69, 9.17) is 14.2 Å². The highest BCUT2D eigenvalue weighted by Gasteiger charge is 2.02. The second-order valence-corrected chi connectivity index (χ2v) is 3.53. The van der Waals surface area contributed by atoms with Crippen LogP contribution in [-0.2, 0) is 15.9 Å². The molecule has 0 heterocycles. The van der Waals surface area contributed by atoms with E-state index in [-0.39, 0.29) is 6.29 Å². The molecule has 1 aromatic carbocycles. The maximum Gasteiger partial charge on any atom is 0.196 e. The van der Waals surface area contributed by atoms with Crippen molar-refractivity contribution in [1.82, 2.24) is 0 Å². The third kappa shape index (κ3) is 4.64. The minimum Gasteiger partial charge on any atom is -0.465 e. The first-order chi connectivity index (χ1) is 7.76. The first kappa shape index (κ1) is 13.0. The fourth-order valence-corrected chi connectivity index (χ4v) is 1.41. The van der Waals surface area contributed by atoms with Gasteiger partial charge in [0.2, 0.25) is 0 Å². The quantitative estimate of drug-likeness (QED) is 0.666. The normalized spacial score (nSPS) is 12.4. The number of hydrogen-bond donors (Lipinski definition) is 0. The maximum atomic E-state index is 5.56. The van der Waals surface area contributed by atoms with Gasteiger partial charge >= 0.3 is 0 Å². The summed E-state index contributed by atoms with van der Waals surface area (Å²) in [4.78, 5) is 0. The average molecular weight is 224 g/mol. The van der Waals surface area contributed by atoms with Crippen LogP contribution in [0.2, 0.25) is 0 Å². The molecule has 1 atom stereocenters. The molecule has 0 spiro atoms. The van der Waals surface area contributed by atoms with Crippen LogP contribution < -0.4 is 4.74 Å². The molecular formula is C13H20O3. The Bertz CT molecular complexity index is 282. The summed E-state index contributed by atoms with van der Waals surface area (Å²) in [5.41, 5.74) is 1.25. The highest BCUT2D eigenvalue weighted by molar-refractivity contribution is 5.27. The molecule has 3 heteroatoms. The first-order valence-corrected chi connectivity index (χ1v) is 5.62. The summed E-state index contributed by atoms with van der Waals surface area (Å²) in [6, 6.07) is 8.01. The van der Waals surface area contributed by atoms with Gasteiger partial charge < -0.3 is 14.2 Å². The molecule has 1 aromatic rings. The largest absolute Gasteiger partial charge is 0.465 e. The monoisotopic (exact) mass is 224 g/mol. The molecule has 0 aromatic heterocycles. The van der Waals surface area contributed by atoms with Crippen molar-refractivity contribution >= 4 is 0 Å². The van der Waals surface area contributed by atoms with Crippen LogP contribution in [0.25, 0.3) is 0 Å². The van der Waals surface area contributed by atoms with Gasteiger partial charge in [-0.1, -0.05) is 12.1 Å². The Morgan fingerprint density at radius 1 is 1.19 bits per heavy atom. The van der Waals surface area contributed by atoms with E-state index in [0.717, 1.165) is 18.8 Å². The maximum absolute atomic E-state index is 5.56. The van der Waals surface area contributed by atoms with Crippen LogP contribution in [0.15, 0.2) is 24.3 Å². The number of rotatable bonds is 7. The van der Waals surface area contributed by atoms with Gasteiger partial charge in [0.25, 0.3) is 0 Å². The van der Waals surface area contributed by atoms with E-state index in [1.165, 1.54) is 5.56 Å². The lowest BCUT2D eigenvalue weighted by Crippen LogP contribution is -2.15. The van der Waals surface area contributed by atoms with E-state index in [1.54, 1.807) is 7.11 Å². The van der Waals surface area contributed by atoms with Crippen molar-refractivity contribution in [2.24, 2.45) is 0 Å². The topological polar surface area (TPSA) is 27.7 Å². The molecule has 1 rings (SSSR count). The fraction of sp³-hybridized carbons (Fsp3) is 0.538. The van der Waals surface area contributed by atoms with Gasteiger partial charge in [0.15, 0.2) is 6.29 Å². The molecule has 0 fully saturated rings. The van der Waals surface area contributed by atoms with Crippen LogP contribution in [0, 0.1) is 0 Å². The Balaban J connectivity index is 2.44. The smallest absolute Gasteiger partial charge is 0.196 e. The first-order valence-electron chi connectivity index (χ1n) is 5.62. The van der Waals surface area contributed by atoms with Crippen LogP contribution in [0.5, 0.6) is 5.75 Å². The zero-order chi connectivity index (χ0) is 11.8. The number of benzene rings is 1. The van der Waals surface area contributed by atoms with Crippen LogP contribution in [0.4, 0.5) is 0 Å². The van der Waals surface area contributed by atoms with Crippen molar-refractivity contribution in [1.29, 1.82) is 0 Å².